The molecule has 0 aromatic heterocycles. The Balaban J connectivity index is 0. The van der Waals surface area contributed by atoms with Crippen molar-refractivity contribution in [2.24, 2.45) is 0 Å². The summed E-state index contributed by atoms with van der Waals surface area (Å²) in [7, 11) is 0. The molecule has 49 heavy (non-hydrogen) atoms. The smallest absolute Gasteiger partial charge is 0.355 e. The van der Waals surface area contributed by atoms with Crippen molar-refractivity contribution in [1.82, 2.24) is 31.4 Å². The maximum atomic E-state index is 12.0. The van der Waals surface area contributed by atoms with Crippen molar-refractivity contribution >= 4 is 59.2 Å². The molecule has 6 N–H and O–H groups in total. The van der Waals surface area contributed by atoms with E-state index in [1.54, 1.807) is 0 Å². The van der Waals surface area contributed by atoms with Crippen LogP contribution < -0.4 is 21.3 Å². The first-order valence-electron chi connectivity index (χ1n) is 15.6. The lowest BCUT2D eigenvalue weighted by Gasteiger charge is -2.19. The van der Waals surface area contributed by atoms with Gasteiger partial charge in [0.15, 0.2) is 0 Å². The molecule has 2 unspecified atom stereocenters. The van der Waals surface area contributed by atoms with Crippen LogP contribution >= 0.6 is 0 Å². The highest BCUT2D eigenvalue weighted by atomic mass is 16.7. The van der Waals surface area contributed by atoms with Gasteiger partial charge in [-0.1, -0.05) is 0 Å². The van der Waals surface area contributed by atoms with Crippen LogP contribution in [0.1, 0.15) is 93.3 Å². The summed E-state index contributed by atoms with van der Waals surface area (Å²) in [5.41, 5.74) is 0. The molecule has 0 aromatic rings. The predicted octanol–water partition coefficient (Wildman–Crippen LogP) is -0.939. The number of unbranched alkanes of at least 4 members (excludes halogenated alkanes) is 2. The molecule has 0 aliphatic carbocycles. The van der Waals surface area contributed by atoms with Crippen molar-refractivity contribution < 1.29 is 64.5 Å². The lowest BCUT2D eigenvalue weighted by Crippen LogP contribution is -2.44. The Labute approximate surface area is 285 Å². The third-order valence-electron chi connectivity index (χ3n) is 6.14. The van der Waals surface area contributed by atoms with Crippen molar-refractivity contribution in [2.45, 2.75) is 104 Å². The normalized spacial score (nSPS) is 14.5. The second-order valence-corrected chi connectivity index (χ2v) is 10.4. The zero-order chi connectivity index (χ0) is 38.8. The molecule has 2 heterocycles. The number of rotatable bonds is 15. The molecule has 2 aliphatic heterocycles. The molecule has 0 aromatic carbocycles. The zero-order valence-electron chi connectivity index (χ0n) is 29.0. The maximum absolute atomic E-state index is 12.0. The topological polar surface area (TPSA) is 275 Å². The quantitative estimate of drug-likeness (QED) is 0.0522. The van der Waals surface area contributed by atoms with Gasteiger partial charge in [-0.25, -0.2) is 9.59 Å². The third kappa shape index (κ3) is 21.9. The number of carboxylic acids is 1. The molecule has 19 heteroatoms. The number of nitrogens with zero attached hydrogens (tertiary/aromatic N) is 2. The molecule has 2 rings (SSSR count). The number of carbonyl (C=O) groups is 10. The number of hydroxylamine groups is 4. The standard InChI is InChI=1S/C14H21N3O6.C10H18N2O4.C4H5NO3.C2H2/c1-9(18)15-8-4-3-5-11(16-10(2)19)14(22)23-17-12(20)6-7-13(17)21;1-7(13)11-6-4-3-5-9(10(15)16)12-8(2)14;6-3-1-2-4(7)5(3)8;1-2/h11H,3-8H2,1-2H3,(H,15,18)(H,16,19);9H,3-6H2,1-2H3,(H,11,13)(H,12,14)(H,15,16);8H,1-2H2;1-2H/i;;;1D. The van der Waals surface area contributed by atoms with Crippen LogP contribution in [0.2, 0.25) is 0 Å². The van der Waals surface area contributed by atoms with Crippen molar-refractivity contribution in [1.29, 1.82) is 0 Å². The highest BCUT2D eigenvalue weighted by Gasteiger charge is 2.35. The first kappa shape index (κ1) is 43.6. The summed E-state index contributed by atoms with van der Waals surface area (Å²) in [5, 5.41) is 27.8. The zero-order valence-corrected chi connectivity index (χ0v) is 28.0. The molecular formula is C30H46N6O13. The van der Waals surface area contributed by atoms with Crippen molar-refractivity contribution in [3.63, 3.8) is 0 Å². The minimum atomic E-state index is -1.03. The van der Waals surface area contributed by atoms with Gasteiger partial charge in [0.2, 0.25) is 23.6 Å². The first-order chi connectivity index (χ1) is 23.4. The summed E-state index contributed by atoms with van der Waals surface area (Å²) in [4.78, 5) is 114. The molecule has 2 atom stereocenters. The van der Waals surface area contributed by atoms with E-state index in [1.807, 2.05) is 0 Å². The molecular weight excluding hydrogens is 652 g/mol. The van der Waals surface area contributed by atoms with Gasteiger partial charge in [0.05, 0.1) is 0 Å². The van der Waals surface area contributed by atoms with E-state index in [2.05, 4.69) is 27.7 Å². The van der Waals surface area contributed by atoms with E-state index in [9.17, 15) is 47.9 Å². The van der Waals surface area contributed by atoms with Gasteiger partial charge in [0.25, 0.3) is 23.6 Å². The number of carboxylic acid groups (broad SMARTS) is 1. The second kappa shape index (κ2) is 25.7. The van der Waals surface area contributed by atoms with Gasteiger partial charge >= 0.3 is 11.9 Å². The van der Waals surface area contributed by atoms with E-state index in [1.165, 1.54) is 34.1 Å². The van der Waals surface area contributed by atoms with Gasteiger partial charge in [-0.05, 0) is 38.5 Å². The Kier molecular flexibility index (Phi) is 22.9. The highest BCUT2D eigenvalue weighted by Crippen LogP contribution is 2.14. The van der Waals surface area contributed by atoms with Crippen LogP contribution in [0.5, 0.6) is 0 Å². The van der Waals surface area contributed by atoms with Gasteiger partial charge in [0.1, 0.15) is 13.5 Å². The fourth-order valence-electron chi connectivity index (χ4n) is 3.85. The number of nitrogens with one attached hydrogen (secondary N) is 4. The third-order valence-corrected chi connectivity index (χ3v) is 6.14. The van der Waals surface area contributed by atoms with E-state index >= 15 is 0 Å². The molecule has 2 saturated heterocycles. The van der Waals surface area contributed by atoms with Crippen LogP contribution in [0.3, 0.4) is 0 Å². The van der Waals surface area contributed by atoms with Gasteiger partial charge < -0.3 is 31.2 Å². The van der Waals surface area contributed by atoms with Gasteiger partial charge in [-0.15, -0.1) is 17.9 Å². The van der Waals surface area contributed by atoms with Crippen LogP contribution in [-0.4, -0.2) is 105 Å². The van der Waals surface area contributed by atoms with Gasteiger partial charge in [0, 0.05) is 66.5 Å². The Morgan fingerprint density at radius 2 is 1.08 bits per heavy atom. The van der Waals surface area contributed by atoms with E-state index in [-0.39, 0.29) is 54.9 Å². The Bertz CT molecular complexity index is 1240. The summed E-state index contributed by atoms with van der Waals surface area (Å²) in [6.07, 6.45) is 9.21. The van der Waals surface area contributed by atoms with Crippen LogP contribution in [0.4, 0.5) is 0 Å². The molecule has 0 spiro atoms. The summed E-state index contributed by atoms with van der Waals surface area (Å²) < 4.78 is 5.74. The molecule has 0 radical (unpaired) electrons. The molecule has 0 bridgehead atoms. The number of amides is 8. The lowest BCUT2D eigenvalue weighted by atomic mass is 10.1. The van der Waals surface area contributed by atoms with Crippen molar-refractivity contribution in [3.8, 4) is 12.8 Å². The van der Waals surface area contributed by atoms with Gasteiger partial charge in [-0.3, -0.25) is 43.6 Å². The Morgan fingerprint density at radius 3 is 1.41 bits per heavy atom. The van der Waals surface area contributed by atoms with E-state index in [0.717, 1.165) is 0 Å². The van der Waals surface area contributed by atoms with E-state index < -0.39 is 53.6 Å². The van der Waals surface area contributed by atoms with E-state index in [4.69, 9.17) is 16.5 Å². The Morgan fingerprint density at radius 1 is 0.714 bits per heavy atom. The SMILES string of the molecule is CC(=O)NCCCCC(NC(C)=O)C(=O)O.CC(=O)NCCCCC(NC(C)=O)C(=O)ON1C(=O)CCC1=O.O=C1CCC(=O)N1O.[2H]C#C. The molecule has 2 fully saturated rings. The number of aliphatic carboxylic acids is 1. The minimum absolute atomic E-state index is 0.00757. The molecule has 2 aliphatic rings. The Hall–Kier alpha value is -5.38. The summed E-state index contributed by atoms with van der Waals surface area (Å²) in [6.45, 7) is 6.36. The minimum Gasteiger partial charge on any atom is -0.480 e. The van der Waals surface area contributed by atoms with Gasteiger partial charge in [-0.2, -0.15) is 5.06 Å². The number of hydrogen-bond donors (Lipinski definition) is 6. The second-order valence-electron chi connectivity index (χ2n) is 10.4. The lowest BCUT2D eigenvalue weighted by molar-refractivity contribution is -0.199. The largest absolute Gasteiger partial charge is 0.480 e. The molecule has 0 saturated carbocycles. The number of carbonyl (C=O) groups excluding carboxylic acids is 9. The van der Waals surface area contributed by atoms with Crippen LogP contribution in [0.25, 0.3) is 0 Å². The first-order valence-corrected chi connectivity index (χ1v) is 15.1. The average Bonchev–Trinajstić information content (AvgIpc) is 3.49. The fourth-order valence-corrected chi connectivity index (χ4v) is 3.85. The number of hydrogen-bond acceptors (Lipinski definition) is 12. The monoisotopic (exact) mass is 699 g/mol. The highest BCUT2D eigenvalue weighted by molar-refractivity contribution is 6.02. The number of imide groups is 2. The molecule has 274 valence electrons. The van der Waals surface area contributed by atoms with Crippen LogP contribution in [0, 0.1) is 12.8 Å². The summed E-state index contributed by atoms with van der Waals surface area (Å²) in [5.74, 6) is -5.07. The maximum Gasteiger partial charge on any atom is 0.355 e. The van der Waals surface area contributed by atoms with Crippen LogP contribution in [0.15, 0.2) is 0 Å². The number of terminal acetylenes is 1. The summed E-state index contributed by atoms with van der Waals surface area (Å²) >= 11 is 0. The average molecular weight is 700 g/mol. The molecule has 8 amide bonds. The van der Waals surface area contributed by atoms with Crippen LogP contribution in [-0.2, 0) is 52.8 Å². The predicted molar refractivity (Wildman–Crippen MR) is 168 cm³/mol. The summed E-state index contributed by atoms with van der Waals surface area (Å²) in [6, 6.07) is -1.79. The van der Waals surface area contributed by atoms with Crippen molar-refractivity contribution in [2.75, 3.05) is 13.1 Å². The van der Waals surface area contributed by atoms with Crippen molar-refractivity contribution in [3.05, 3.63) is 0 Å². The fraction of sp³-hybridized carbons (Fsp3) is 0.600. The molecule has 19 nitrogen and oxygen atoms in total. The van der Waals surface area contributed by atoms with E-state index in [0.29, 0.717) is 50.3 Å².